The van der Waals surface area contributed by atoms with Gasteiger partial charge in [0, 0.05) is 25.6 Å². The minimum Gasteiger partial charge on any atom is -0.493 e. The molecule has 0 unspecified atom stereocenters. The molecule has 0 bridgehead atoms. The molecule has 0 amide bonds. The summed E-state index contributed by atoms with van der Waals surface area (Å²) < 4.78 is 22.1. The monoisotopic (exact) mass is 471 g/mol. The molecule has 0 N–H and O–H groups in total. The molecule has 0 aliphatic carbocycles. The van der Waals surface area contributed by atoms with Crippen LogP contribution in [-0.2, 0) is 14.3 Å². The second-order valence-electron chi connectivity index (χ2n) is 8.59. The Bertz CT molecular complexity index is 1000. The third kappa shape index (κ3) is 7.30. The van der Waals surface area contributed by atoms with Crippen molar-refractivity contribution in [1.82, 2.24) is 4.98 Å². The first-order valence-corrected chi connectivity index (χ1v) is 11.2. The lowest BCUT2D eigenvalue weighted by Crippen LogP contribution is -2.39. The molecular formula is C26H33NO7. The number of aryl methyl sites for hydroxylation is 1. The zero-order chi connectivity index (χ0) is 25.4. The zero-order valence-corrected chi connectivity index (χ0v) is 20.8. The van der Waals surface area contributed by atoms with Crippen LogP contribution in [-0.4, -0.2) is 42.0 Å². The minimum absolute atomic E-state index is 0.0112. The Balaban J connectivity index is 2.09. The molecule has 0 fully saturated rings. The van der Waals surface area contributed by atoms with Crippen molar-refractivity contribution < 1.29 is 33.3 Å². The Labute approximate surface area is 200 Å². The number of Topliss-reactive ketones (excluding diaryl/α,β-unsaturated/α-hetero) is 1. The Kier molecular flexibility index (Phi) is 9.59. The Morgan fingerprint density at radius 2 is 1.65 bits per heavy atom. The van der Waals surface area contributed by atoms with Gasteiger partial charge in [0.25, 0.3) is 0 Å². The summed E-state index contributed by atoms with van der Waals surface area (Å²) in [7, 11) is 1.39. The maximum Gasteiger partial charge on any atom is 0.309 e. The molecule has 0 radical (unpaired) electrons. The van der Waals surface area contributed by atoms with Gasteiger partial charge < -0.3 is 18.9 Å². The molecule has 0 spiro atoms. The molecule has 184 valence electrons. The highest BCUT2D eigenvalue weighted by Gasteiger charge is 2.31. The topological polar surface area (TPSA) is 101 Å². The van der Waals surface area contributed by atoms with Crippen LogP contribution < -0.4 is 14.2 Å². The van der Waals surface area contributed by atoms with Gasteiger partial charge in [0.2, 0.25) is 5.75 Å². The number of rotatable bonds is 11. The second kappa shape index (κ2) is 12.2. The maximum absolute atomic E-state index is 12.9. The molecule has 0 aliphatic rings. The molecule has 8 heteroatoms. The highest BCUT2D eigenvalue weighted by molar-refractivity contribution is 5.99. The van der Waals surface area contributed by atoms with E-state index in [1.54, 1.807) is 6.92 Å². The molecular weight excluding hydrogens is 438 g/mol. The summed E-state index contributed by atoms with van der Waals surface area (Å²) in [5.41, 5.74) is 1.04. The van der Waals surface area contributed by atoms with Gasteiger partial charge in [0.15, 0.2) is 17.2 Å². The van der Waals surface area contributed by atoms with E-state index in [2.05, 4.69) is 4.98 Å². The first-order chi connectivity index (χ1) is 16.0. The van der Waals surface area contributed by atoms with Crippen LogP contribution in [0.3, 0.4) is 0 Å². The Hall–Kier alpha value is -3.42. The highest BCUT2D eigenvalue weighted by Crippen LogP contribution is 2.31. The SMILES string of the molecule is COc1ccnc(C(=O)C[C@@H](C)C(=O)O[C@H](C(C)C)[C@H](C)Oc2ccc(C)cc2)c1OC(C)=O. The number of ketones is 1. The van der Waals surface area contributed by atoms with Crippen molar-refractivity contribution in [1.29, 1.82) is 0 Å². The number of nitrogens with zero attached hydrogens (tertiary/aromatic N) is 1. The lowest BCUT2D eigenvalue weighted by atomic mass is 10.00. The molecule has 34 heavy (non-hydrogen) atoms. The van der Waals surface area contributed by atoms with Crippen molar-refractivity contribution in [2.45, 2.75) is 60.2 Å². The van der Waals surface area contributed by atoms with Crippen LogP contribution in [0.5, 0.6) is 17.2 Å². The third-order valence-corrected chi connectivity index (χ3v) is 5.21. The normalized spacial score (nSPS) is 13.5. The van der Waals surface area contributed by atoms with Crippen molar-refractivity contribution in [3.8, 4) is 17.2 Å². The number of aromatic nitrogens is 1. The number of carbonyl (C=O) groups excluding carboxylic acids is 3. The van der Waals surface area contributed by atoms with Crippen LogP contribution in [0.4, 0.5) is 0 Å². The van der Waals surface area contributed by atoms with E-state index in [9.17, 15) is 14.4 Å². The second-order valence-corrected chi connectivity index (χ2v) is 8.59. The van der Waals surface area contributed by atoms with E-state index in [0.717, 1.165) is 5.56 Å². The summed E-state index contributed by atoms with van der Waals surface area (Å²) >= 11 is 0. The summed E-state index contributed by atoms with van der Waals surface area (Å²) in [6.07, 6.45) is 0.287. The van der Waals surface area contributed by atoms with Gasteiger partial charge in [-0.05, 0) is 31.9 Å². The molecule has 1 heterocycles. The van der Waals surface area contributed by atoms with Gasteiger partial charge in [-0.25, -0.2) is 4.98 Å². The number of ether oxygens (including phenoxy) is 4. The smallest absolute Gasteiger partial charge is 0.309 e. The van der Waals surface area contributed by atoms with Crippen LogP contribution in [0, 0.1) is 18.8 Å². The molecule has 1 aromatic carbocycles. The molecule has 3 atom stereocenters. The summed E-state index contributed by atoms with van der Waals surface area (Å²) in [5.74, 6) is -1.55. The number of pyridine rings is 1. The molecule has 2 aromatic rings. The molecule has 8 nitrogen and oxygen atoms in total. The number of benzene rings is 1. The fourth-order valence-corrected chi connectivity index (χ4v) is 3.41. The number of esters is 2. The van der Waals surface area contributed by atoms with Crippen molar-refractivity contribution in [2.24, 2.45) is 11.8 Å². The van der Waals surface area contributed by atoms with Gasteiger partial charge >= 0.3 is 11.9 Å². The van der Waals surface area contributed by atoms with Gasteiger partial charge in [0.05, 0.1) is 13.0 Å². The number of methoxy groups -OCH3 is 1. The predicted octanol–water partition coefficient (Wildman–Crippen LogP) is 4.57. The molecule has 0 saturated carbocycles. The van der Waals surface area contributed by atoms with E-state index in [1.165, 1.54) is 26.3 Å². The predicted molar refractivity (Wildman–Crippen MR) is 126 cm³/mol. The molecule has 2 rings (SSSR count). The third-order valence-electron chi connectivity index (χ3n) is 5.21. The van der Waals surface area contributed by atoms with Crippen molar-refractivity contribution in [2.75, 3.05) is 7.11 Å². The highest BCUT2D eigenvalue weighted by atomic mass is 16.6. The van der Waals surface area contributed by atoms with Gasteiger partial charge in [-0.2, -0.15) is 0 Å². The van der Waals surface area contributed by atoms with Gasteiger partial charge in [-0.3, -0.25) is 14.4 Å². The van der Waals surface area contributed by atoms with Gasteiger partial charge in [-0.15, -0.1) is 0 Å². The minimum atomic E-state index is -0.751. The van der Waals surface area contributed by atoms with Gasteiger partial charge in [0.1, 0.15) is 18.0 Å². The average Bonchev–Trinajstić information content (AvgIpc) is 2.78. The largest absolute Gasteiger partial charge is 0.493 e. The number of hydrogen-bond donors (Lipinski definition) is 0. The van der Waals surface area contributed by atoms with Gasteiger partial charge in [-0.1, -0.05) is 38.5 Å². The first kappa shape index (κ1) is 26.8. The van der Waals surface area contributed by atoms with E-state index >= 15 is 0 Å². The Morgan fingerprint density at radius 1 is 1.00 bits per heavy atom. The first-order valence-electron chi connectivity index (χ1n) is 11.2. The van der Waals surface area contributed by atoms with Crippen LogP contribution >= 0.6 is 0 Å². The lowest BCUT2D eigenvalue weighted by Gasteiger charge is -2.29. The van der Waals surface area contributed by atoms with Crippen LogP contribution in [0.15, 0.2) is 36.5 Å². The summed E-state index contributed by atoms with van der Waals surface area (Å²) in [6, 6.07) is 9.11. The van der Waals surface area contributed by atoms with Crippen molar-refractivity contribution in [3.05, 3.63) is 47.8 Å². The van der Waals surface area contributed by atoms with Crippen molar-refractivity contribution >= 4 is 17.7 Å². The molecule has 0 saturated heterocycles. The number of carbonyl (C=O) groups is 3. The van der Waals surface area contributed by atoms with E-state index in [1.807, 2.05) is 52.0 Å². The standard InChI is InChI=1S/C26H33NO7/c1-15(2)24(18(5)32-20-10-8-16(3)9-11-20)34-26(30)17(4)14-21(29)23-25(33-19(6)28)22(31-7)12-13-27-23/h8-13,15,17-18,24H,14H2,1-7H3/t17-,18+,24-/m1/s1. The summed E-state index contributed by atoms with van der Waals surface area (Å²) in [6.45, 7) is 10.5. The van der Waals surface area contributed by atoms with E-state index in [-0.39, 0.29) is 29.5 Å². The van der Waals surface area contributed by atoms with Crippen LogP contribution in [0.25, 0.3) is 0 Å². The van der Waals surface area contributed by atoms with E-state index in [0.29, 0.717) is 5.75 Å². The summed E-state index contributed by atoms with van der Waals surface area (Å²) in [4.78, 5) is 41.3. The van der Waals surface area contributed by atoms with Crippen LogP contribution in [0.2, 0.25) is 0 Å². The van der Waals surface area contributed by atoms with Crippen molar-refractivity contribution in [3.63, 3.8) is 0 Å². The average molecular weight is 472 g/mol. The maximum atomic E-state index is 12.9. The fraction of sp³-hybridized carbons (Fsp3) is 0.462. The van der Waals surface area contributed by atoms with E-state index < -0.39 is 35.8 Å². The van der Waals surface area contributed by atoms with Crippen LogP contribution in [0.1, 0.15) is 57.1 Å². The Morgan fingerprint density at radius 3 is 2.21 bits per heavy atom. The summed E-state index contributed by atoms with van der Waals surface area (Å²) in [5, 5.41) is 0. The zero-order valence-electron chi connectivity index (χ0n) is 20.8. The fourth-order valence-electron chi connectivity index (χ4n) is 3.41. The lowest BCUT2D eigenvalue weighted by molar-refractivity contribution is -0.161. The molecule has 1 aromatic heterocycles. The quantitative estimate of drug-likeness (QED) is 0.347. The number of hydrogen-bond acceptors (Lipinski definition) is 8. The van der Waals surface area contributed by atoms with E-state index in [4.69, 9.17) is 18.9 Å². The molecule has 0 aliphatic heterocycles.